The molecular formula is C22H27NO5S. The van der Waals surface area contributed by atoms with Crippen LogP contribution in [0.25, 0.3) is 0 Å². The van der Waals surface area contributed by atoms with E-state index in [1.165, 1.54) is 11.3 Å². The molecule has 1 fully saturated rings. The molecule has 0 spiro atoms. The minimum atomic E-state index is -0.922. The zero-order chi connectivity index (χ0) is 20.7. The van der Waals surface area contributed by atoms with Gasteiger partial charge in [0, 0.05) is 4.88 Å². The van der Waals surface area contributed by atoms with Gasteiger partial charge in [-0.25, -0.2) is 4.79 Å². The number of esters is 1. The molecule has 2 N–H and O–H groups in total. The van der Waals surface area contributed by atoms with E-state index in [2.05, 4.69) is 12.2 Å². The number of amides is 1. The Morgan fingerprint density at radius 2 is 1.86 bits per heavy atom. The maximum absolute atomic E-state index is 13.2. The van der Waals surface area contributed by atoms with Gasteiger partial charge in [-0.3, -0.25) is 9.59 Å². The van der Waals surface area contributed by atoms with E-state index < -0.39 is 23.8 Å². The lowest BCUT2D eigenvalue weighted by Crippen LogP contribution is -2.47. The first-order valence-corrected chi connectivity index (χ1v) is 11.3. The Balaban J connectivity index is 1.65. The first-order valence-electron chi connectivity index (χ1n) is 10.4. The summed E-state index contributed by atoms with van der Waals surface area (Å²) >= 11 is 1.44. The largest absolute Gasteiger partial charge is 0.481 e. The molecule has 0 radical (unpaired) electrons. The number of anilines is 1. The zero-order valence-electron chi connectivity index (χ0n) is 16.8. The van der Waals surface area contributed by atoms with Gasteiger partial charge in [0.1, 0.15) is 5.00 Å². The van der Waals surface area contributed by atoms with E-state index >= 15 is 0 Å². The highest BCUT2D eigenvalue weighted by molar-refractivity contribution is 7.17. The smallest absolute Gasteiger partial charge is 0.341 e. The van der Waals surface area contributed by atoms with Crippen molar-refractivity contribution in [3.63, 3.8) is 0 Å². The van der Waals surface area contributed by atoms with Crippen LogP contribution in [0.15, 0.2) is 12.2 Å². The number of hydrogen-bond donors (Lipinski definition) is 2. The fourth-order valence-electron chi connectivity index (χ4n) is 5.14. The van der Waals surface area contributed by atoms with Gasteiger partial charge in [0.05, 0.1) is 24.0 Å². The van der Waals surface area contributed by atoms with Crippen molar-refractivity contribution in [2.45, 2.75) is 46.0 Å². The van der Waals surface area contributed by atoms with E-state index in [1.807, 2.05) is 12.2 Å². The van der Waals surface area contributed by atoms with E-state index in [-0.39, 0.29) is 24.3 Å². The van der Waals surface area contributed by atoms with Crippen molar-refractivity contribution in [2.24, 2.45) is 29.6 Å². The summed E-state index contributed by atoms with van der Waals surface area (Å²) in [5, 5.41) is 13.2. The van der Waals surface area contributed by atoms with E-state index in [9.17, 15) is 19.5 Å². The first kappa shape index (κ1) is 20.1. The molecule has 0 aliphatic heterocycles. The quantitative estimate of drug-likeness (QED) is 0.560. The van der Waals surface area contributed by atoms with Gasteiger partial charge in [0.25, 0.3) is 0 Å². The predicted octanol–water partition coefficient (Wildman–Crippen LogP) is 3.90. The van der Waals surface area contributed by atoms with Crippen molar-refractivity contribution < 1.29 is 24.2 Å². The molecular weight excluding hydrogens is 390 g/mol. The SMILES string of the molecule is CCOC(=O)c1c(NC(=O)[C@H]2[C@@H](C(=O)O)[C@H]3C=C[C@H]2CC3)sc2c1CC[C@@H](C)C2. The van der Waals surface area contributed by atoms with Crippen LogP contribution in [-0.4, -0.2) is 29.6 Å². The molecule has 0 unspecified atom stereocenters. The zero-order valence-corrected chi connectivity index (χ0v) is 17.6. The summed E-state index contributed by atoms with van der Waals surface area (Å²) in [7, 11) is 0. The van der Waals surface area contributed by atoms with Gasteiger partial charge < -0.3 is 15.2 Å². The monoisotopic (exact) mass is 417 g/mol. The second kappa shape index (κ2) is 7.94. The number of carbonyl (C=O) groups excluding carboxylic acids is 2. The summed E-state index contributed by atoms with van der Waals surface area (Å²) in [5.74, 6) is -2.58. The molecule has 4 aliphatic rings. The molecule has 2 bridgehead atoms. The fraction of sp³-hybridized carbons (Fsp3) is 0.591. The third-order valence-corrected chi connectivity index (χ3v) is 7.73. The van der Waals surface area contributed by atoms with Crippen molar-refractivity contribution >= 4 is 34.2 Å². The number of rotatable bonds is 5. The number of nitrogens with one attached hydrogen (secondary N) is 1. The fourth-order valence-corrected chi connectivity index (χ4v) is 6.54. The lowest BCUT2D eigenvalue weighted by Gasteiger charge is -2.41. The highest BCUT2D eigenvalue weighted by atomic mass is 32.1. The van der Waals surface area contributed by atoms with Crippen LogP contribution in [-0.2, 0) is 27.2 Å². The van der Waals surface area contributed by atoms with Crippen LogP contribution >= 0.6 is 11.3 Å². The van der Waals surface area contributed by atoms with Gasteiger partial charge >= 0.3 is 11.9 Å². The molecule has 5 rings (SSSR count). The average molecular weight is 418 g/mol. The number of carboxylic acids is 1. The summed E-state index contributed by atoms with van der Waals surface area (Å²) in [4.78, 5) is 38.9. The van der Waals surface area contributed by atoms with Gasteiger partial charge in [-0.15, -0.1) is 11.3 Å². The number of thiophene rings is 1. The van der Waals surface area contributed by atoms with E-state index in [0.717, 1.165) is 42.5 Å². The molecule has 1 saturated carbocycles. The lowest BCUT2D eigenvalue weighted by molar-refractivity contribution is -0.151. The van der Waals surface area contributed by atoms with Gasteiger partial charge in [-0.05, 0) is 62.3 Å². The van der Waals surface area contributed by atoms with Gasteiger partial charge in [-0.2, -0.15) is 0 Å². The van der Waals surface area contributed by atoms with Gasteiger partial charge in [0.2, 0.25) is 5.91 Å². The van der Waals surface area contributed by atoms with Crippen LogP contribution in [0, 0.1) is 29.6 Å². The lowest BCUT2D eigenvalue weighted by atomic mass is 9.62. The molecule has 7 heteroatoms. The molecule has 1 amide bonds. The maximum atomic E-state index is 13.2. The highest BCUT2D eigenvalue weighted by Crippen LogP contribution is 2.46. The topological polar surface area (TPSA) is 92.7 Å². The summed E-state index contributed by atoms with van der Waals surface area (Å²) in [6, 6.07) is 0. The van der Waals surface area contributed by atoms with Crippen LogP contribution in [0.1, 0.15) is 53.9 Å². The van der Waals surface area contributed by atoms with Crippen LogP contribution in [0.3, 0.4) is 0 Å². The van der Waals surface area contributed by atoms with Crippen molar-refractivity contribution in [1.29, 1.82) is 0 Å². The van der Waals surface area contributed by atoms with Crippen molar-refractivity contribution in [3.05, 3.63) is 28.2 Å². The summed E-state index contributed by atoms with van der Waals surface area (Å²) in [6.07, 6.45) is 8.26. The molecule has 5 atom stereocenters. The number of ether oxygens (including phenoxy) is 1. The molecule has 1 heterocycles. The van der Waals surface area contributed by atoms with Gasteiger partial charge in [0.15, 0.2) is 0 Å². The Morgan fingerprint density at radius 1 is 1.17 bits per heavy atom. The molecule has 0 saturated heterocycles. The number of fused-ring (bicyclic) bond motifs is 3. The average Bonchev–Trinajstić information content (AvgIpc) is 3.04. The normalized spacial score (nSPS) is 29.9. The third-order valence-electron chi connectivity index (χ3n) is 6.56. The van der Waals surface area contributed by atoms with Crippen LogP contribution < -0.4 is 5.32 Å². The summed E-state index contributed by atoms with van der Waals surface area (Å²) in [6.45, 7) is 4.22. The molecule has 1 aromatic rings. The van der Waals surface area contributed by atoms with E-state index in [1.54, 1.807) is 6.92 Å². The van der Waals surface area contributed by atoms with Crippen molar-refractivity contribution in [3.8, 4) is 0 Å². The van der Waals surface area contributed by atoms with Gasteiger partial charge in [-0.1, -0.05) is 19.1 Å². The molecule has 1 aromatic heterocycles. The second-order valence-corrected chi connectivity index (χ2v) is 9.55. The summed E-state index contributed by atoms with van der Waals surface area (Å²) < 4.78 is 5.27. The highest BCUT2D eigenvalue weighted by Gasteiger charge is 2.48. The third kappa shape index (κ3) is 3.61. The Kier molecular flexibility index (Phi) is 5.51. The van der Waals surface area contributed by atoms with Crippen LogP contribution in [0.5, 0.6) is 0 Å². The second-order valence-electron chi connectivity index (χ2n) is 8.45. The Bertz CT molecular complexity index is 873. The number of hydrogen-bond acceptors (Lipinski definition) is 5. The molecule has 6 nitrogen and oxygen atoms in total. The number of carboxylic acid groups (broad SMARTS) is 1. The van der Waals surface area contributed by atoms with Crippen LogP contribution in [0.2, 0.25) is 0 Å². The predicted molar refractivity (Wildman–Crippen MR) is 110 cm³/mol. The van der Waals surface area contributed by atoms with Crippen molar-refractivity contribution in [2.75, 3.05) is 11.9 Å². The maximum Gasteiger partial charge on any atom is 0.341 e. The standard InChI is InChI=1S/C22H27NO5S/c1-3-28-22(27)18-14-9-4-11(2)10-15(14)29-20(18)23-19(24)16-12-5-7-13(8-6-12)17(16)21(25)26/h5,7,11-13,16-17H,3-4,6,8-10H2,1-2H3,(H,23,24)(H,25,26)/t11-,12+,13+,16-,17+/m1/s1. The number of carbonyl (C=O) groups is 3. The molecule has 4 aliphatic carbocycles. The summed E-state index contributed by atoms with van der Waals surface area (Å²) in [5.41, 5.74) is 1.46. The molecule has 0 aromatic carbocycles. The van der Waals surface area contributed by atoms with E-state index in [0.29, 0.717) is 16.5 Å². The molecule has 156 valence electrons. The van der Waals surface area contributed by atoms with Crippen molar-refractivity contribution in [1.82, 2.24) is 0 Å². The molecule has 29 heavy (non-hydrogen) atoms. The Hall–Kier alpha value is -2.15. The Morgan fingerprint density at radius 3 is 2.48 bits per heavy atom. The minimum absolute atomic E-state index is 0.0678. The Labute approximate surface area is 174 Å². The number of allylic oxidation sites excluding steroid dienone is 2. The number of aliphatic carboxylic acids is 1. The van der Waals surface area contributed by atoms with E-state index in [4.69, 9.17) is 4.74 Å². The van der Waals surface area contributed by atoms with Crippen LogP contribution in [0.4, 0.5) is 5.00 Å². The first-order chi connectivity index (χ1) is 13.9. The minimum Gasteiger partial charge on any atom is -0.481 e.